The van der Waals surface area contributed by atoms with Gasteiger partial charge in [-0.2, -0.15) is 0 Å². The van der Waals surface area contributed by atoms with Crippen LogP contribution in [0.5, 0.6) is 0 Å². The van der Waals surface area contributed by atoms with E-state index in [1.807, 2.05) is 53.9 Å². The topological polar surface area (TPSA) is 38.7 Å². The quantitative estimate of drug-likeness (QED) is 0.460. The number of hydrogen-bond donors (Lipinski definition) is 0. The van der Waals surface area contributed by atoms with E-state index in [0.717, 1.165) is 25.7 Å². The molecule has 0 unspecified atom stereocenters. The van der Waals surface area contributed by atoms with E-state index in [4.69, 9.17) is 4.74 Å². The number of benzene rings is 2. The van der Waals surface area contributed by atoms with Gasteiger partial charge in [0.2, 0.25) is 5.90 Å². The van der Waals surface area contributed by atoms with Crippen LogP contribution in [0.3, 0.4) is 0 Å². The highest BCUT2D eigenvalue weighted by atomic mass is 79.9. The average Bonchev–Trinajstić information content (AvgIpc) is 3.13. The van der Waals surface area contributed by atoms with Gasteiger partial charge in [0.25, 0.3) is 0 Å². The van der Waals surface area contributed by atoms with Gasteiger partial charge in [0.05, 0.1) is 0 Å². The van der Waals surface area contributed by atoms with Crippen molar-refractivity contribution in [2.75, 3.05) is 0 Å². The molecule has 3 aromatic rings. The fourth-order valence-corrected chi connectivity index (χ4v) is 3.84. The summed E-state index contributed by atoms with van der Waals surface area (Å²) in [7, 11) is 0. The minimum Gasteiger partial charge on any atom is -0.402 e. The molecule has 1 aliphatic heterocycles. The van der Waals surface area contributed by atoms with Crippen molar-refractivity contribution in [2.45, 2.75) is 0 Å². The molecule has 112 valence electrons. The number of carbonyl (C=O) groups excluding carboxylic acids is 1. The summed E-state index contributed by atoms with van der Waals surface area (Å²) in [6.07, 6.45) is 1.75. The van der Waals surface area contributed by atoms with Crippen LogP contribution in [0.25, 0.3) is 16.8 Å². The SMILES string of the molecule is O=C1OC(c2cccc3ccccc23)=N/C1=C/c1cc(Br)cs1. The van der Waals surface area contributed by atoms with Crippen LogP contribution in [0.4, 0.5) is 0 Å². The van der Waals surface area contributed by atoms with Crippen LogP contribution >= 0.6 is 27.3 Å². The number of rotatable bonds is 2. The summed E-state index contributed by atoms with van der Waals surface area (Å²) in [5.41, 5.74) is 1.15. The summed E-state index contributed by atoms with van der Waals surface area (Å²) in [5.74, 6) is -0.0638. The third kappa shape index (κ3) is 2.73. The number of aliphatic imine (C=N–C) groups is 1. The molecule has 0 amide bonds. The molecule has 0 spiro atoms. The van der Waals surface area contributed by atoms with Gasteiger partial charge in [-0.25, -0.2) is 9.79 Å². The number of halogens is 1. The Balaban J connectivity index is 1.79. The Kier molecular flexibility index (Phi) is 3.59. The first-order valence-electron chi connectivity index (χ1n) is 6.95. The van der Waals surface area contributed by atoms with E-state index in [-0.39, 0.29) is 0 Å². The van der Waals surface area contributed by atoms with Crippen LogP contribution in [0.2, 0.25) is 0 Å². The second kappa shape index (κ2) is 5.76. The Labute approximate surface area is 145 Å². The number of esters is 1. The summed E-state index contributed by atoms with van der Waals surface area (Å²) in [6.45, 7) is 0. The Hall–Kier alpha value is -2.24. The fraction of sp³-hybridized carbons (Fsp3) is 0. The van der Waals surface area contributed by atoms with Gasteiger partial charge in [0.15, 0.2) is 5.70 Å². The number of hydrogen-bond acceptors (Lipinski definition) is 4. The number of carbonyl (C=O) groups is 1. The predicted octanol–water partition coefficient (Wildman–Crippen LogP) is 5.01. The zero-order chi connectivity index (χ0) is 15.8. The molecule has 0 fully saturated rings. The number of fused-ring (bicyclic) bond motifs is 1. The van der Waals surface area contributed by atoms with Gasteiger partial charge < -0.3 is 4.74 Å². The lowest BCUT2D eigenvalue weighted by molar-refractivity contribution is -0.129. The summed E-state index contributed by atoms with van der Waals surface area (Å²) in [4.78, 5) is 17.4. The van der Waals surface area contributed by atoms with Crippen LogP contribution in [0.1, 0.15) is 10.4 Å². The van der Waals surface area contributed by atoms with Crippen LogP contribution in [-0.4, -0.2) is 11.9 Å². The van der Waals surface area contributed by atoms with Gasteiger partial charge in [0.1, 0.15) is 0 Å². The molecule has 2 heterocycles. The van der Waals surface area contributed by atoms with Gasteiger partial charge in [-0.3, -0.25) is 0 Å². The predicted molar refractivity (Wildman–Crippen MR) is 96.6 cm³/mol. The number of nitrogens with zero attached hydrogens (tertiary/aromatic N) is 1. The normalized spacial score (nSPS) is 16.0. The Morgan fingerprint density at radius 1 is 1.13 bits per heavy atom. The number of cyclic esters (lactones) is 1. The zero-order valence-corrected chi connectivity index (χ0v) is 14.2. The maximum absolute atomic E-state index is 12.1. The first kappa shape index (κ1) is 14.4. The van der Waals surface area contributed by atoms with Crippen LogP contribution < -0.4 is 0 Å². The molecule has 5 heteroatoms. The van der Waals surface area contributed by atoms with Crippen molar-refractivity contribution in [2.24, 2.45) is 4.99 Å². The Morgan fingerprint density at radius 2 is 1.96 bits per heavy atom. The maximum atomic E-state index is 12.1. The highest BCUT2D eigenvalue weighted by molar-refractivity contribution is 9.10. The average molecular weight is 384 g/mol. The molecule has 1 aromatic heterocycles. The fourth-order valence-electron chi connectivity index (χ4n) is 2.47. The molecule has 0 aliphatic carbocycles. The summed E-state index contributed by atoms with van der Waals surface area (Å²) in [5, 5.41) is 4.06. The molecule has 1 aliphatic rings. The zero-order valence-electron chi connectivity index (χ0n) is 11.8. The van der Waals surface area contributed by atoms with E-state index >= 15 is 0 Å². The third-order valence-electron chi connectivity index (χ3n) is 3.51. The second-order valence-electron chi connectivity index (χ2n) is 5.03. The standard InChI is InChI=1S/C18H10BrNO2S/c19-12-8-13(23-10-12)9-16-18(21)22-17(20-16)15-7-3-5-11-4-1-2-6-14(11)15/h1-10H/b16-9+. The molecular weight excluding hydrogens is 374 g/mol. The van der Waals surface area contributed by atoms with E-state index in [2.05, 4.69) is 20.9 Å². The maximum Gasteiger partial charge on any atom is 0.363 e. The second-order valence-corrected chi connectivity index (χ2v) is 6.89. The van der Waals surface area contributed by atoms with E-state index in [1.165, 1.54) is 11.3 Å². The van der Waals surface area contributed by atoms with Crippen molar-refractivity contribution in [1.29, 1.82) is 0 Å². The molecule has 0 atom stereocenters. The van der Waals surface area contributed by atoms with Crippen molar-refractivity contribution >= 4 is 56.0 Å². The van der Waals surface area contributed by atoms with Crippen molar-refractivity contribution < 1.29 is 9.53 Å². The first-order valence-corrected chi connectivity index (χ1v) is 8.63. The minimum absolute atomic E-state index is 0.322. The molecule has 4 rings (SSSR count). The molecule has 2 aromatic carbocycles. The largest absolute Gasteiger partial charge is 0.402 e. The summed E-state index contributed by atoms with van der Waals surface area (Å²) in [6, 6.07) is 15.8. The number of thiophene rings is 1. The molecule has 0 N–H and O–H groups in total. The Bertz CT molecular complexity index is 982. The minimum atomic E-state index is -0.419. The molecule has 0 saturated carbocycles. The molecule has 0 radical (unpaired) electrons. The van der Waals surface area contributed by atoms with Crippen molar-refractivity contribution in [3.63, 3.8) is 0 Å². The van der Waals surface area contributed by atoms with Gasteiger partial charge in [-0.15, -0.1) is 11.3 Å². The third-order valence-corrected chi connectivity index (χ3v) is 5.15. The lowest BCUT2D eigenvalue weighted by Crippen LogP contribution is -2.05. The monoisotopic (exact) mass is 383 g/mol. The number of ether oxygens (including phenoxy) is 1. The van der Waals surface area contributed by atoms with E-state index < -0.39 is 5.97 Å². The Morgan fingerprint density at radius 3 is 2.78 bits per heavy atom. The van der Waals surface area contributed by atoms with E-state index in [9.17, 15) is 4.79 Å². The van der Waals surface area contributed by atoms with Crippen molar-refractivity contribution in [1.82, 2.24) is 0 Å². The van der Waals surface area contributed by atoms with Gasteiger partial charge in [0, 0.05) is 20.3 Å². The van der Waals surface area contributed by atoms with Crippen molar-refractivity contribution in [3.8, 4) is 0 Å². The summed E-state index contributed by atoms with van der Waals surface area (Å²) >= 11 is 4.94. The van der Waals surface area contributed by atoms with Crippen LogP contribution in [0.15, 0.2) is 69.1 Å². The molecular formula is C18H10BrNO2S. The van der Waals surface area contributed by atoms with Crippen LogP contribution in [0, 0.1) is 0 Å². The molecule has 0 bridgehead atoms. The smallest absolute Gasteiger partial charge is 0.363 e. The molecule has 0 saturated heterocycles. The first-order chi connectivity index (χ1) is 11.2. The van der Waals surface area contributed by atoms with E-state index in [0.29, 0.717) is 11.6 Å². The molecule has 23 heavy (non-hydrogen) atoms. The van der Waals surface area contributed by atoms with Gasteiger partial charge in [-0.1, -0.05) is 36.4 Å². The van der Waals surface area contributed by atoms with Crippen molar-refractivity contribution in [3.05, 3.63) is 74.5 Å². The highest BCUT2D eigenvalue weighted by Crippen LogP contribution is 2.27. The summed E-state index contributed by atoms with van der Waals surface area (Å²) < 4.78 is 6.37. The lowest BCUT2D eigenvalue weighted by atomic mass is 10.0. The van der Waals surface area contributed by atoms with E-state index in [1.54, 1.807) is 6.08 Å². The highest BCUT2D eigenvalue weighted by Gasteiger charge is 2.25. The lowest BCUT2D eigenvalue weighted by Gasteiger charge is -2.04. The van der Waals surface area contributed by atoms with Gasteiger partial charge in [-0.05, 0) is 44.9 Å². The van der Waals surface area contributed by atoms with Crippen LogP contribution in [-0.2, 0) is 9.53 Å². The van der Waals surface area contributed by atoms with Gasteiger partial charge >= 0.3 is 5.97 Å². The molecule has 3 nitrogen and oxygen atoms in total.